The van der Waals surface area contributed by atoms with Gasteiger partial charge in [-0.3, -0.25) is 0 Å². The Hall–Kier alpha value is -2.50. The highest BCUT2D eigenvalue weighted by Gasteiger charge is 2.17. The lowest BCUT2D eigenvalue weighted by Crippen LogP contribution is -2.13. The van der Waals surface area contributed by atoms with Crippen molar-refractivity contribution in [3.63, 3.8) is 0 Å². The molecular formula is C19H22N4S. The Kier molecular flexibility index (Phi) is 4.46. The van der Waals surface area contributed by atoms with Crippen molar-refractivity contribution in [1.29, 1.82) is 0 Å². The number of nitrogens with two attached hydrogens (primary N) is 3. The van der Waals surface area contributed by atoms with E-state index in [2.05, 4.69) is 39.9 Å². The first-order chi connectivity index (χ1) is 11.5. The van der Waals surface area contributed by atoms with Crippen LogP contribution in [0.3, 0.4) is 0 Å². The highest BCUT2D eigenvalue weighted by molar-refractivity contribution is 7.08. The SMILES string of the molecule is CN(C)c1ccc(C(N)c2cscc2-c2cc(N)ccc2N)cc1. The molecule has 24 heavy (non-hydrogen) atoms. The Balaban J connectivity index is 1.99. The third-order valence-electron chi connectivity index (χ3n) is 4.16. The first kappa shape index (κ1) is 16.4. The van der Waals surface area contributed by atoms with E-state index in [1.54, 1.807) is 11.3 Å². The fraction of sp³-hybridized carbons (Fsp3) is 0.158. The topological polar surface area (TPSA) is 81.3 Å². The molecule has 0 aliphatic rings. The van der Waals surface area contributed by atoms with Crippen molar-refractivity contribution in [2.24, 2.45) is 5.73 Å². The standard InChI is InChI=1S/C19H22N4S/c1-23(2)14-6-3-12(4-7-14)19(22)17-11-24-10-16(17)15-9-13(20)5-8-18(15)21/h3-11,19H,20-22H2,1-2H3. The Bertz CT molecular complexity index is 837. The normalized spacial score (nSPS) is 12.1. The summed E-state index contributed by atoms with van der Waals surface area (Å²) in [5.41, 5.74) is 25.3. The number of anilines is 3. The maximum absolute atomic E-state index is 6.53. The Morgan fingerprint density at radius 2 is 1.62 bits per heavy atom. The van der Waals surface area contributed by atoms with Crippen molar-refractivity contribution < 1.29 is 0 Å². The smallest absolute Gasteiger partial charge is 0.0566 e. The molecular weight excluding hydrogens is 316 g/mol. The van der Waals surface area contributed by atoms with E-state index in [0.29, 0.717) is 11.4 Å². The van der Waals surface area contributed by atoms with Gasteiger partial charge in [0.1, 0.15) is 0 Å². The lowest BCUT2D eigenvalue weighted by atomic mass is 9.94. The molecule has 6 N–H and O–H groups in total. The number of thiophene rings is 1. The third kappa shape index (κ3) is 3.09. The second kappa shape index (κ2) is 6.55. The lowest BCUT2D eigenvalue weighted by Gasteiger charge is -2.17. The minimum absolute atomic E-state index is 0.205. The number of benzene rings is 2. The van der Waals surface area contributed by atoms with Crippen LogP contribution < -0.4 is 22.1 Å². The van der Waals surface area contributed by atoms with Crippen LogP contribution in [0.4, 0.5) is 17.1 Å². The summed E-state index contributed by atoms with van der Waals surface area (Å²) in [7, 11) is 4.04. The number of nitrogen functional groups attached to an aromatic ring is 2. The molecule has 1 unspecified atom stereocenters. The van der Waals surface area contributed by atoms with Gasteiger partial charge in [0, 0.05) is 36.7 Å². The van der Waals surface area contributed by atoms with E-state index in [1.165, 1.54) is 0 Å². The van der Waals surface area contributed by atoms with Gasteiger partial charge in [-0.05, 0) is 57.8 Å². The molecule has 0 amide bonds. The maximum Gasteiger partial charge on any atom is 0.0566 e. The average molecular weight is 338 g/mol. The quantitative estimate of drug-likeness (QED) is 0.634. The van der Waals surface area contributed by atoms with Crippen molar-refractivity contribution in [3.05, 3.63) is 64.4 Å². The summed E-state index contributed by atoms with van der Waals surface area (Å²) in [4.78, 5) is 2.07. The van der Waals surface area contributed by atoms with Crippen molar-refractivity contribution in [1.82, 2.24) is 0 Å². The van der Waals surface area contributed by atoms with Crippen LogP contribution in [0, 0.1) is 0 Å². The molecule has 0 aliphatic heterocycles. The van der Waals surface area contributed by atoms with Gasteiger partial charge in [-0.15, -0.1) is 0 Å². The zero-order chi connectivity index (χ0) is 17.3. The molecule has 0 saturated heterocycles. The molecule has 0 bridgehead atoms. The molecule has 0 saturated carbocycles. The van der Waals surface area contributed by atoms with E-state index in [0.717, 1.165) is 27.9 Å². The summed E-state index contributed by atoms with van der Waals surface area (Å²) in [5.74, 6) is 0. The van der Waals surface area contributed by atoms with Gasteiger partial charge in [-0.2, -0.15) is 11.3 Å². The maximum atomic E-state index is 6.53. The summed E-state index contributed by atoms with van der Waals surface area (Å²) >= 11 is 1.62. The molecule has 2 aromatic carbocycles. The Morgan fingerprint density at radius 1 is 0.917 bits per heavy atom. The van der Waals surface area contributed by atoms with Crippen molar-refractivity contribution in [3.8, 4) is 11.1 Å². The van der Waals surface area contributed by atoms with Crippen LogP contribution in [0.1, 0.15) is 17.2 Å². The van der Waals surface area contributed by atoms with Crippen LogP contribution in [-0.2, 0) is 0 Å². The van der Waals surface area contributed by atoms with Crippen LogP contribution in [0.25, 0.3) is 11.1 Å². The van der Waals surface area contributed by atoms with Crippen LogP contribution in [-0.4, -0.2) is 14.1 Å². The number of rotatable bonds is 4. The summed E-state index contributed by atoms with van der Waals surface area (Å²) in [6.45, 7) is 0. The van der Waals surface area contributed by atoms with E-state index in [-0.39, 0.29) is 6.04 Å². The predicted octanol–water partition coefficient (Wildman–Crippen LogP) is 3.69. The fourth-order valence-corrected chi connectivity index (χ4v) is 3.62. The van der Waals surface area contributed by atoms with Gasteiger partial charge in [0.25, 0.3) is 0 Å². The molecule has 124 valence electrons. The molecule has 4 nitrogen and oxygen atoms in total. The lowest BCUT2D eigenvalue weighted by molar-refractivity contribution is 0.878. The molecule has 1 aromatic heterocycles. The molecule has 0 radical (unpaired) electrons. The van der Waals surface area contributed by atoms with Gasteiger partial charge in [0.05, 0.1) is 6.04 Å². The Morgan fingerprint density at radius 3 is 2.29 bits per heavy atom. The van der Waals surface area contributed by atoms with Gasteiger partial charge in [-0.1, -0.05) is 12.1 Å². The van der Waals surface area contributed by atoms with E-state index in [1.807, 2.05) is 32.3 Å². The highest BCUT2D eigenvalue weighted by Crippen LogP contribution is 2.37. The molecule has 3 aromatic rings. The van der Waals surface area contributed by atoms with Crippen LogP contribution >= 0.6 is 11.3 Å². The largest absolute Gasteiger partial charge is 0.399 e. The number of nitrogens with zero attached hydrogens (tertiary/aromatic N) is 1. The second-order valence-electron chi connectivity index (χ2n) is 6.05. The first-order valence-electron chi connectivity index (χ1n) is 7.71. The summed E-state index contributed by atoms with van der Waals surface area (Å²) < 4.78 is 0. The van der Waals surface area contributed by atoms with Crippen LogP contribution in [0.15, 0.2) is 53.2 Å². The Labute approximate surface area is 146 Å². The molecule has 1 heterocycles. The first-order valence-corrected chi connectivity index (χ1v) is 8.66. The van der Waals surface area contributed by atoms with E-state index in [9.17, 15) is 0 Å². The van der Waals surface area contributed by atoms with Gasteiger partial charge in [-0.25, -0.2) is 0 Å². The van der Waals surface area contributed by atoms with Gasteiger partial charge < -0.3 is 22.1 Å². The molecule has 5 heteroatoms. The van der Waals surface area contributed by atoms with Crippen molar-refractivity contribution in [2.45, 2.75) is 6.04 Å². The zero-order valence-electron chi connectivity index (χ0n) is 13.9. The molecule has 0 fully saturated rings. The summed E-state index contributed by atoms with van der Waals surface area (Å²) in [5, 5.41) is 4.16. The van der Waals surface area contributed by atoms with Crippen molar-refractivity contribution >= 4 is 28.4 Å². The average Bonchev–Trinajstić information content (AvgIpc) is 3.06. The number of hydrogen-bond donors (Lipinski definition) is 3. The monoisotopic (exact) mass is 338 g/mol. The second-order valence-corrected chi connectivity index (χ2v) is 6.79. The molecule has 3 rings (SSSR count). The third-order valence-corrected chi connectivity index (χ3v) is 4.92. The van der Waals surface area contributed by atoms with Gasteiger partial charge in [0.15, 0.2) is 0 Å². The van der Waals surface area contributed by atoms with Crippen molar-refractivity contribution in [2.75, 3.05) is 30.5 Å². The van der Waals surface area contributed by atoms with Gasteiger partial charge in [0.2, 0.25) is 0 Å². The highest BCUT2D eigenvalue weighted by atomic mass is 32.1. The van der Waals surface area contributed by atoms with Crippen LogP contribution in [0.2, 0.25) is 0 Å². The molecule has 0 aliphatic carbocycles. The summed E-state index contributed by atoms with van der Waals surface area (Å²) in [6, 6.07) is 13.7. The van der Waals surface area contributed by atoms with Gasteiger partial charge >= 0.3 is 0 Å². The minimum atomic E-state index is -0.205. The predicted molar refractivity (Wildman–Crippen MR) is 105 cm³/mol. The zero-order valence-corrected chi connectivity index (χ0v) is 14.7. The van der Waals surface area contributed by atoms with E-state index < -0.39 is 0 Å². The summed E-state index contributed by atoms with van der Waals surface area (Å²) in [6.07, 6.45) is 0. The fourth-order valence-electron chi connectivity index (χ4n) is 2.73. The van der Waals surface area contributed by atoms with E-state index >= 15 is 0 Å². The van der Waals surface area contributed by atoms with E-state index in [4.69, 9.17) is 17.2 Å². The molecule has 1 atom stereocenters. The minimum Gasteiger partial charge on any atom is -0.399 e. The number of hydrogen-bond acceptors (Lipinski definition) is 5. The molecule has 0 spiro atoms. The van der Waals surface area contributed by atoms with Crippen LogP contribution in [0.5, 0.6) is 0 Å².